The molecule has 0 aromatic carbocycles. The molecule has 0 amide bonds. The Hall–Kier alpha value is -1.06. The first kappa shape index (κ1) is 46.9. The average Bonchev–Trinajstić information content (AvgIpc) is 3.06. The third-order valence-electron chi connectivity index (χ3n) is 11.0. The van der Waals surface area contributed by atoms with Gasteiger partial charge in [0.15, 0.2) is 0 Å². The number of hydrogen-bond donors (Lipinski definition) is 2. The summed E-state index contributed by atoms with van der Waals surface area (Å²) in [5.41, 5.74) is 0. The highest BCUT2D eigenvalue weighted by atomic mass is 16.4. The van der Waals surface area contributed by atoms with Gasteiger partial charge >= 0.3 is 11.9 Å². The van der Waals surface area contributed by atoms with Crippen molar-refractivity contribution in [1.29, 1.82) is 0 Å². The molecule has 2 atom stereocenters. The molecule has 2 unspecified atom stereocenters. The molecule has 0 spiro atoms. The van der Waals surface area contributed by atoms with E-state index in [9.17, 15) is 9.59 Å². The molecule has 0 rings (SSSR count). The summed E-state index contributed by atoms with van der Waals surface area (Å²) in [7, 11) is 0. The number of carboxylic acids is 2. The van der Waals surface area contributed by atoms with Crippen LogP contribution in [0.5, 0.6) is 0 Å². The predicted molar refractivity (Wildman–Crippen MR) is 209 cm³/mol. The van der Waals surface area contributed by atoms with E-state index in [1.54, 1.807) is 0 Å². The molecular weight excluding hydrogens is 592 g/mol. The van der Waals surface area contributed by atoms with Gasteiger partial charge < -0.3 is 10.2 Å². The summed E-state index contributed by atoms with van der Waals surface area (Å²) >= 11 is 0. The van der Waals surface area contributed by atoms with Crippen molar-refractivity contribution >= 4 is 11.9 Å². The Morgan fingerprint density at radius 3 is 0.708 bits per heavy atom. The van der Waals surface area contributed by atoms with Gasteiger partial charge in [0.2, 0.25) is 0 Å². The van der Waals surface area contributed by atoms with Gasteiger partial charge in [0.25, 0.3) is 0 Å². The number of unbranched alkanes of at least 4 members (excludes halogenated alkanes) is 28. The van der Waals surface area contributed by atoms with E-state index in [1.807, 2.05) is 0 Å². The van der Waals surface area contributed by atoms with Crippen molar-refractivity contribution in [2.75, 3.05) is 0 Å². The van der Waals surface area contributed by atoms with E-state index in [4.69, 9.17) is 10.2 Å². The first-order chi connectivity index (χ1) is 23.5. The molecule has 0 radical (unpaired) electrons. The lowest BCUT2D eigenvalue weighted by Gasteiger charge is -2.28. The van der Waals surface area contributed by atoms with E-state index < -0.39 is 11.9 Å². The Morgan fingerprint density at radius 2 is 0.500 bits per heavy atom. The lowest BCUT2D eigenvalue weighted by molar-refractivity contribution is -0.138. The third-order valence-corrected chi connectivity index (χ3v) is 11.0. The van der Waals surface area contributed by atoms with E-state index in [0.717, 1.165) is 37.5 Å². The molecule has 0 aliphatic rings. The van der Waals surface area contributed by atoms with Crippen molar-refractivity contribution in [2.24, 2.45) is 11.8 Å². The highest BCUT2D eigenvalue weighted by Crippen LogP contribution is 2.34. The second-order valence-electron chi connectivity index (χ2n) is 15.6. The van der Waals surface area contributed by atoms with Gasteiger partial charge in [-0.25, -0.2) is 0 Å². The largest absolute Gasteiger partial charge is 0.481 e. The first-order valence-corrected chi connectivity index (χ1v) is 21.9. The van der Waals surface area contributed by atoms with Gasteiger partial charge in [-0.3, -0.25) is 9.59 Å². The van der Waals surface area contributed by atoms with Crippen molar-refractivity contribution < 1.29 is 19.8 Å². The topological polar surface area (TPSA) is 74.6 Å². The fourth-order valence-electron chi connectivity index (χ4n) is 7.80. The van der Waals surface area contributed by atoms with E-state index in [-0.39, 0.29) is 0 Å². The lowest BCUT2D eigenvalue weighted by Crippen LogP contribution is -2.16. The highest BCUT2D eigenvalue weighted by Gasteiger charge is 2.20. The molecule has 0 aromatic heterocycles. The van der Waals surface area contributed by atoms with Crippen molar-refractivity contribution in [2.45, 2.75) is 258 Å². The van der Waals surface area contributed by atoms with Crippen molar-refractivity contribution in [3.8, 4) is 0 Å². The van der Waals surface area contributed by atoms with Crippen LogP contribution in [0, 0.1) is 11.8 Å². The van der Waals surface area contributed by atoms with Gasteiger partial charge in [-0.1, -0.05) is 232 Å². The SMILES string of the molecule is CCCCCCCCC(CCCCCCCCCCCCC(=O)O)C(CCCCCCCC)CCCCCCCCCCCCC(=O)O. The molecule has 48 heavy (non-hydrogen) atoms. The highest BCUT2D eigenvalue weighted by molar-refractivity contribution is 5.66. The second kappa shape index (κ2) is 38.7. The zero-order valence-corrected chi connectivity index (χ0v) is 32.7. The molecule has 2 N–H and O–H groups in total. The van der Waals surface area contributed by atoms with E-state index in [1.165, 1.54) is 205 Å². The molecule has 0 heterocycles. The fourth-order valence-corrected chi connectivity index (χ4v) is 7.80. The van der Waals surface area contributed by atoms with Crippen LogP contribution in [0.15, 0.2) is 0 Å². The van der Waals surface area contributed by atoms with Crippen molar-refractivity contribution in [3.05, 3.63) is 0 Å². The zero-order valence-electron chi connectivity index (χ0n) is 32.7. The van der Waals surface area contributed by atoms with Crippen molar-refractivity contribution in [1.82, 2.24) is 0 Å². The quantitative estimate of drug-likeness (QED) is 0.0631. The molecule has 0 saturated carbocycles. The average molecular weight is 679 g/mol. The van der Waals surface area contributed by atoms with Crippen LogP contribution in [0.3, 0.4) is 0 Å². The maximum atomic E-state index is 10.7. The number of carbonyl (C=O) groups is 2. The molecular formula is C44H86O4. The van der Waals surface area contributed by atoms with Crippen LogP contribution < -0.4 is 0 Å². The first-order valence-electron chi connectivity index (χ1n) is 21.9. The minimum absolute atomic E-state index is 0.334. The van der Waals surface area contributed by atoms with Gasteiger partial charge in [0.05, 0.1) is 0 Å². The second-order valence-corrected chi connectivity index (χ2v) is 15.6. The molecule has 0 saturated heterocycles. The summed E-state index contributed by atoms with van der Waals surface area (Å²) in [6.45, 7) is 4.64. The standard InChI is InChI=1S/C44H86O4/c1-3-5-7-9-23-29-35-41(37-31-25-19-15-11-13-17-21-27-33-39-43(45)46)42(36-30-24-10-8-6-4-2)38-32-26-20-16-12-14-18-22-28-34-40-44(47)48/h41-42H,3-40H2,1-2H3,(H,45,46)(H,47,48). The Balaban J connectivity index is 4.60. The van der Waals surface area contributed by atoms with E-state index in [2.05, 4.69) is 13.8 Å². The van der Waals surface area contributed by atoms with Crippen LogP contribution in [-0.2, 0) is 9.59 Å². The normalized spacial score (nSPS) is 12.8. The Morgan fingerprint density at radius 1 is 0.312 bits per heavy atom. The Kier molecular flexibility index (Phi) is 37.9. The molecule has 4 heteroatoms. The number of hydrogen-bond acceptors (Lipinski definition) is 2. The Bertz CT molecular complexity index is 606. The third kappa shape index (κ3) is 36.2. The summed E-state index contributed by atoms with van der Waals surface area (Å²) in [4.78, 5) is 21.3. The molecule has 286 valence electrons. The summed E-state index contributed by atoms with van der Waals surface area (Å²) in [6.07, 6.45) is 48.9. The monoisotopic (exact) mass is 679 g/mol. The van der Waals surface area contributed by atoms with Crippen LogP contribution in [0.25, 0.3) is 0 Å². The van der Waals surface area contributed by atoms with Gasteiger partial charge in [0.1, 0.15) is 0 Å². The minimum Gasteiger partial charge on any atom is -0.481 e. The smallest absolute Gasteiger partial charge is 0.303 e. The van der Waals surface area contributed by atoms with Gasteiger partial charge in [-0.2, -0.15) is 0 Å². The predicted octanol–water partition coefficient (Wildman–Crippen LogP) is 15.3. The molecule has 0 fully saturated rings. The van der Waals surface area contributed by atoms with Crippen LogP contribution in [0.4, 0.5) is 0 Å². The van der Waals surface area contributed by atoms with Crippen molar-refractivity contribution in [3.63, 3.8) is 0 Å². The molecule has 0 bridgehead atoms. The van der Waals surface area contributed by atoms with Gasteiger partial charge in [0, 0.05) is 12.8 Å². The van der Waals surface area contributed by atoms with Crippen LogP contribution in [0.2, 0.25) is 0 Å². The number of carboxylic acid groups (broad SMARTS) is 2. The van der Waals surface area contributed by atoms with Crippen LogP contribution >= 0.6 is 0 Å². The lowest BCUT2D eigenvalue weighted by atomic mass is 9.78. The van der Waals surface area contributed by atoms with Crippen LogP contribution in [-0.4, -0.2) is 22.2 Å². The summed E-state index contributed by atoms with van der Waals surface area (Å²) < 4.78 is 0. The minimum atomic E-state index is -0.653. The summed E-state index contributed by atoms with van der Waals surface area (Å²) in [6, 6.07) is 0. The molecule has 0 aliphatic heterocycles. The van der Waals surface area contributed by atoms with Gasteiger partial charge in [-0.15, -0.1) is 0 Å². The summed E-state index contributed by atoms with van der Waals surface area (Å²) in [5, 5.41) is 17.6. The zero-order chi connectivity index (χ0) is 35.2. The van der Waals surface area contributed by atoms with E-state index >= 15 is 0 Å². The Labute approximate surface area is 300 Å². The fraction of sp³-hybridized carbons (Fsp3) is 0.955. The van der Waals surface area contributed by atoms with Gasteiger partial charge in [-0.05, 0) is 24.7 Å². The number of rotatable bonds is 41. The molecule has 0 aliphatic carbocycles. The van der Waals surface area contributed by atoms with Crippen LogP contribution in [0.1, 0.15) is 258 Å². The summed E-state index contributed by atoms with van der Waals surface area (Å²) in [5.74, 6) is 0.581. The molecule has 0 aromatic rings. The van der Waals surface area contributed by atoms with E-state index in [0.29, 0.717) is 12.8 Å². The maximum Gasteiger partial charge on any atom is 0.303 e. The maximum absolute atomic E-state index is 10.7. The molecule has 4 nitrogen and oxygen atoms in total. The number of aliphatic carboxylic acids is 2.